The van der Waals surface area contributed by atoms with Crippen molar-refractivity contribution in [3.8, 4) is 6.01 Å². The maximum absolute atomic E-state index is 12.5. The molecular formula is C26H38F3N5O4S. The minimum Gasteiger partial charge on any atom is -0.464 e. The lowest BCUT2D eigenvalue weighted by Gasteiger charge is -2.37. The zero-order valence-electron chi connectivity index (χ0n) is 22.6. The second kappa shape index (κ2) is 14.1. The second-order valence-corrected chi connectivity index (χ2v) is 11.3. The van der Waals surface area contributed by atoms with Crippen molar-refractivity contribution in [3.05, 3.63) is 36.2 Å². The highest BCUT2D eigenvalue weighted by molar-refractivity contribution is 7.89. The first-order valence-corrected chi connectivity index (χ1v) is 14.9. The van der Waals surface area contributed by atoms with E-state index in [1.54, 1.807) is 12.4 Å². The van der Waals surface area contributed by atoms with Gasteiger partial charge in [-0.25, -0.2) is 23.1 Å². The molecule has 1 aliphatic rings. The predicted molar refractivity (Wildman–Crippen MR) is 145 cm³/mol. The van der Waals surface area contributed by atoms with Crippen molar-refractivity contribution in [1.29, 1.82) is 0 Å². The molecule has 1 aromatic carbocycles. The Kier molecular flexibility index (Phi) is 11.2. The highest BCUT2D eigenvalue weighted by Crippen LogP contribution is 2.35. The van der Waals surface area contributed by atoms with Crippen LogP contribution in [0.3, 0.4) is 0 Å². The standard InChI is InChI=1S/C26H38F3N5O4S/c1-4-19(16-32-39(35,36)14-11-26(27,28)29)20-7-8-24(34(5-2)22-9-12-37-13-10-22)23(15-20)33-21-17-30-25(31-18-21)38-6-3/h7-8,15,17-19,22,32-33H,4-6,9-14,16H2,1-3H3. The Balaban J connectivity index is 1.87. The average Bonchev–Trinajstić information content (AvgIpc) is 2.91. The molecule has 2 heterocycles. The van der Waals surface area contributed by atoms with Crippen LogP contribution in [0.25, 0.3) is 0 Å². The summed E-state index contributed by atoms with van der Waals surface area (Å²) in [7, 11) is -4.07. The molecule has 0 spiro atoms. The van der Waals surface area contributed by atoms with Gasteiger partial charge in [-0.2, -0.15) is 13.2 Å². The highest BCUT2D eigenvalue weighted by Gasteiger charge is 2.30. The number of hydrogen-bond acceptors (Lipinski definition) is 8. The first-order valence-electron chi connectivity index (χ1n) is 13.3. The van der Waals surface area contributed by atoms with Gasteiger partial charge < -0.3 is 19.7 Å². The summed E-state index contributed by atoms with van der Waals surface area (Å²) >= 11 is 0. The molecule has 218 valence electrons. The molecule has 1 unspecified atom stereocenters. The fraction of sp³-hybridized carbons (Fsp3) is 0.615. The topological polar surface area (TPSA) is 106 Å². The third-order valence-corrected chi connectivity index (χ3v) is 8.00. The van der Waals surface area contributed by atoms with Crippen LogP contribution in [-0.4, -0.2) is 69.3 Å². The molecule has 1 saturated heterocycles. The van der Waals surface area contributed by atoms with E-state index < -0.39 is 28.4 Å². The Hall–Kier alpha value is -2.64. The minimum absolute atomic E-state index is 0.000895. The molecule has 0 bridgehead atoms. The van der Waals surface area contributed by atoms with Crippen molar-refractivity contribution in [2.75, 3.05) is 48.9 Å². The van der Waals surface area contributed by atoms with Crippen molar-refractivity contribution in [2.45, 2.75) is 64.6 Å². The van der Waals surface area contributed by atoms with Gasteiger partial charge in [-0.1, -0.05) is 13.0 Å². The van der Waals surface area contributed by atoms with E-state index >= 15 is 0 Å². The minimum atomic E-state index is -4.53. The molecule has 0 amide bonds. The molecule has 0 saturated carbocycles. The van der Waals surface area contributed by atoms with E-state index in [1.807, 2.05) is 32.0 Å². The Morgan fingerprint density at radius 2 is 1.85 bits per heavy atom. The van der Waals surface area contributed by atoms with Gasteiger partial charge in [-0.05, 0) is 56.7 Å². The number of aromatic nitrogens is 2. The fourth-order valence-electron chi connectivity index (χ4n) is 4.57. The van der Waals surface area contributed by atoms with E-state index in [0.717, 1.165) is 36.3 Å². The Morgan fingerprint density at radius 1 is 1.15 bits per heavy atom. The third kappa shape index (κ3) is 9.50. The number of ether oxygens (including phenoxy) is 2. The van der Waals surface area contributed by atoms with E-state index in [1.165, 1.54) is 0 Å². The van der Waals surface area contributed by atoms with Gasteiger partial charge in [0, 0.05) is 32.3 Å². The number of benzene rings is 1. The highest BCUT2D eigenvalue weighted by atomic mass is 32.2. The first-order chi connectivity index (χ1) is 18.5. The number of nitrogens with zero attached hydrogens (tertiary/aromatic N) is 3. The van der Waals surface area contributed by atoms with Gasteiger partial charge in [-0.3, -0.25) is 0 Å². The van der Waals surface area contributed by atoms with Gasteiger partial charge in [0.2, 0.25) is 10.0 Å². The molecule has 0 aliphatic carbocycles. The predicted octanol–water partition coefficient (Wildman–Crippen LogP) is 4.99. The molecule has 39 heavy (non-hydrogen) atoms. The monoisotopic (exact) mass is 573 g/mol. The van der Waals surface area contributed by atoms with E-state index in [-0.39, 0.29) is 18.5 Å². The van der Waals surface area contributed by atoms with Crippen LogP contribution in [0.15, 0.2) is 30.6 Å². The molecule has 1 aliphatic heterocycles. The molecule has 2 N–H and O–H groups in total. The smallest absolute Gasteiger partial charge is 0.390 e. The fourth-order valence-corrected chi connectivity index (χ4v) is 5.67. The molecule has 1 aromatic heterocycles. The summed E-state index contributed by atoms with van der Waals surface area (Å²) in [6.07, 6.45) is -0.266. The average molecular weight is 574 g/mol. The maximum atomic E-state index is 12.5. The van der Waals surface area contributed by atoms with Crippen LogP contribution >= 0.6 is 0 Å². The van der Waals surface area contributed by atoms with Crippen LogP contribution in [0.5, 0.6) is 6.01 Å². The van der Waals surface area contributed by atoms with E-state index in [4.69, 9.17) is 9.47 Å². The van der Waals surface area contributed by atoms with Crippen molar-refractivity contribution in [3.63, 3.8) is 0 Å². The van der Waals surface area contributed by atoms with Crippen LogP contribution in [0.2, 0.25) is 0 Å². The van der Waals surface area contributed by atoms with Crippen molar-refractivity contribution >= 4 is 27.1 Å². The molecule has 1 atom stereocenters. The summed E-state index contributed by atoms with van der Waals surface area (Å²) in [6, 6.07) is 6.50. The molecule has 2 aromatic rings. The van der Waals surface area contributed by atoms with Crippen molar-refractivity contribution in [1.82, 2.24) is 14.7 Å². The van der Waals surface area contributed by atoms with E-state index in [2.05, 4.69) is 31.8 Å². The van der Waals surface area contributed by atoms with Gasteiger partial charge in [-0.15, -0.1) is 0 Å². The lowest BCUT2D eigenvalue weighted by Crippen LogP contribution is -2.39. The molecule has 13 heteroatoms. The molecular weight excluding hydrogens is 535 g/mol. The van der Waals surface area contributed by atoms with Crippen LogP contribution in [0, 0.1) is 0 Å². The zero-order valence-corrected chi connectivity index (χ0v) is 23.4. The van der Waals surface area contributed by atoms with Crippen LogP contribution < -0.4 is 19.7 Å². The second-order valence-electron chi connectivity index (χ2n) is 9.36. The largest absolute Gasteiger partial charge is 0.464 e. The summed E-state index contributed by atoms with van der Waals surface area (Å²) in [5.41, 5.74) is 3.28. The number of halogens is 3. The molecule has 9 nitrogen and oxygen atoms in total. The number of alkyl halides is 3. The Bertz CT molecular complexity index is 1140. The lowest BCUT2D eigenvalue weighted by molar-refractivity contribution is -0.130. The summed E-state index contributed by atoms with van der Waals surface area (Å²) < 4.78 is 75.3. The number of rotatable bonds is 14. The molecule has 3 rings (SSSR count). The number of sulfonamides is 1. The maximum Gasteiger partial charge on any atom is 0.390 e. The number of nitrogens with one attached hydrogen (secondary N) is 2. The quantitative estimate of drug-likeness (QED) is 0.326. The molecule has 1 fully saturated rings. The van der Waals surface area contributed by atoms with Crippen molar-refractivity contribution < 1.29 is 31.1 Å². The normalized spacial score (nSPS) is 15.6. The number of hydrogen-bond donors (Lipinski definition) is 2. The summed E-state index contributed by atoms with van der Waals surface area (Å²) in [5.74, 6) is -1.23. The van der Waals surface area contributed by atoms with Crippen molar-refractivity contribution in [2.24, 2.45) is 0 Å². The van der Waals surface area contributed by atoms with Gasteiger partial charge in [0.05, 0.1) is 48.2 Å². The number of anilines is 3. The first kappa shape index (κ1) is 30.9. The summed E-state index contributed by atoms with van der Waals surface area (Å²) in [4.78, 5) is 10.8. The summed E-state index contributed by atoms with van der Waals surface area (Å²) in [6.45, 7) is 8.47. The molecule has 0 radical (unpaired) electrons. The van der Waals surface area contributed by atoms with Crippen LogP contribution in [0.4, 0.5) is 30.2 Å². The van der Waals surface area contributed by atoms with E-state index in [9.17, 15) is 21.6 Å². The van der Waals surface area contributed by atoms with Gasteiger partial charge >= 0.3 is 12.2 Å². The third-order valence-electron chi connectivity index (χ3n) is 6.65. The Labute approximate surface area is 228 Å². The SMILES string of the molecule is CCOc1ncc(Nc2cc(C(CC)CNS(=O)(=O)CCC(F)(F)F)ccc2N(CC)C2CCOCC2)cn1. The summed E-state index contributed by atoms with van der Waals surface area (Å²) in [5, 5.41) is 3.41. The zero-order chi connectivity index (χ0) is 28.5. The van der Waals surface area contributed by atoms with Gasteiger partial charge in [0.1, 0.15) is 0 Å². The van der Waals surface area contributed by atoms with Gasteiger partial charge in [0.25, 0.3) is 0 Å². The Morgan fingerprint density at radius 3 is 2.44 bits per heavy atom. The van der Waals surface area contributed by atoms with Crippen LogP contribution in [-0.2, 0) is 14.8 Å². The van der Waals surface area contributed by atoms with E-state index in [0.29, 0.717) is 38.0 Å². The van der Waals surface area contributed by atoms with Crippen LogP contribution in [0.1, 0.15) is 57.9 Å². The lowest BCUT2D eigenvalue weighted by atomic mass is 9.95. The van der Waals surface area contributed by atoms with Gasteiger partial charge in [0.15, 0.2) is 0 Å².